The second kappa shape index (κ2) is 7.28. The monoisotopic (exact) mass is 297 g/mol. The van der Waals surface area contributed by atoms with Crippen LogP contribution in [0.4, 0.5) is 11.8 Å². The summed E-state index contributed by atoms with van der Waals surface area (Å²) < 4.78 is 0. The summed E-state index contributed by atoms with van der Waals surface area (Å²) in [7, 11) is 0. The van der Waals surface area contributed by atoms with Gasteiger partial charge in [-0.1, -0.05) is 11.6 Å². The van der Waals surface area contributed by atoms with Crippen molar-refractivity contribution in [3.05, 3.63) is 11.2 Å². The van der Waals surface area contributed by atoms with Gasteiger partial charge in [-0.3, -0.25) is 4.79 Å². The van der Waals surface area contributed by atoms with Gasteiger partial charge in [0.1, 0.15) is 10.8 Å². The van der Waals surface area contributed by atoms with Crippen LogP contribution in [0.2, 0.25) is 5.02 Å². The van der Waals surface area contributed by atoms with E-state index in [4.69, 9.17) is 11.6 Å². The minimum Gasteiger partial charge on any atom is -0.369 e. The molecule has 1 aliphatic carbocycles. The van der Waals surface area contributed by atoms with Gasteiger partial charge in [0.25, 0.3) is 0 Å². The molecule has 1 aromatic rings. The first-order valence-corrected chi connectivity index (χ1v) is 7.36. The Hall–Kier alpha value is -1.56. The van der Waals surface area contributed by atoms with Crippen molar-refractivity contribution in [3.8, 4) is 0 Å². The Morgan fingerprint density at radius 1 is 1.45 bits per heavy atom. The molecule has 0 radical (unpaired) electrons. The highest BCUT2D eigenvalue weighted by molar-refractivity contribution is 6.32. The Balaban J connectivity index is 1.72. The van der Waals surface area contributed by atoms with Crippen molar-refractivity contribution in [1.29, 1.82) is 0 Å². The van der Waals surface area contributed by atoms with Gasteiger partial charge in [0.05, 0.1) is 6.20 Å². The molecule has 1 aliphatic rings. The highest BCUT2D eigenvalue weighted by Crippen LogP contribution is 2.20. The molecule has 1 amide bonds. The third kappa shape index (κ3) is 4.85. The molecular weight excluding hydrogens is 278 g/mol. The number of hydrogen-bond donors (Lipinski definition) is 3. The highest BCUT2D eigenvalue weighted by Gasteiger charge is 2.22. The summed E-state index contributed by atoms with van der Waals surface area (Å²) in [4.78, 5) is 19.8. The molecule has 2 rings (SSSR count). The number of nitrogens with one attached hydrogen (secondary N) is 3. The van der Waals surface area contributed by atoms with Gasteiger partial charge < -0.3 is 16.0 Å². The van der Waals surface area contributed by atoms with Crippen LogP contribution in [0.15, 0.2) is 6.20 Å². The normalized spacial score (nSPS) is 13.9. The van der Waals surface area contributed by atoms with E-state index in [-0.39, 0.29) is 5.91 Å². The van der Waals surface area contributed by atoms with Gasteiger partial charge >= 0.3 is 0 Å². The van der Waals surface area contributed by atoms with Gasteiger partial charge in [0.15, 0.2) is 0 Å². The zero-order chi connectivity index (χ0) is 14.4. The summed E-state index contributed by atoms with van der Waals surface area (Å²) in [6, 6.07) is 0.425. The smallest absolute Gasteiger partial charge is 0.224 e. The molecule has 3 N–H and O–H groups in total. The van der Waals surface area contributed by atoms with Crippen LogP contribution in [0, 0.1) is 0 Å². The number of carbonyl (C=O) groups is 1. The molecule has 20 heavy (non-hydrogen) atoms. The van der Waals surface area contributed by atoms with Gasteiger partial charge in [-0.2, -0.15) is 4.98 Å². The Bertz CT molecular complexity index is 464. The van der Waals surface area contributed by atoms with E-state index >= 15 is 0 Å². The van der Waals surface area contributed by atoms with Crippen LogP contribution in [0.25, 0.3) is 0 Å². The fourth-order valence-electron chi connectivity index (χ4n) is 1.72. The molecule has 1 aromatic heterocycles. The van der Waals surface area contributed by atoms with E-state index in [0.29, 0.717) is 35.8 Å². The second-order valence-corrected chi connectivity index (χ2v) is 5.20. The van der Waals surface area contributed by atoms with Crippen LogP contribution in [0.5, 0.6) is 0 Å². The van der Waals surface area contributed by atoms with Crippen LogP contribution in [0.1, 0.15) is 32.6 Å². The number of amides is 1. The maximum absolute atomic E-state index is 11.5. The molecule has 0 bridgehead atoms. The molecule has 1 heterocycles. The predicted octanol–water partition coefficient (Wildman–Crippen LogP) is 2.03. The largest absolute Gasteiger partial charge is 0.369 e. The van der Waals surface area contributed by atoms with E-state index in [0.717, 1.165) is 25.8 Å². The maximum Gasteiger partial charge on any atom is 0.224 e. The Morgan fingerprint density at radius 2 is 2.25 bits per heavy atom. The summed E-state index contributed by atoms with van der Waals surface area (Å²) in [5.74, 6) is 1.27. The number of halogens is 1. The lowest BCUT2D eigenvalue weighted by Crippen LogP contribution is -2.25. The minimum atomic E-state index is 0.122. The number of aromatic nitrogens is 2. The van der Waals surface area contributed by atoms with Crippen LogP contribution in [-0.2, 0) is 4.79 Å². The molecule has 0 unspecified atom stereocenters. The van der Waals surface area contributed by atoms with Gasteiger partial charge in [-0.25, -0.2) is 4.98 Å². The Morgan fingerprint density at radius 3 is 2.95 bits per heavy atom. The van der Waals surface area contributed by atoms with E-state index in [1.807, 2.05) is 6.92 Å². The minimum absolute atomic E-state index is 0.122. The van der Waals surface area contributed by atoms with Crippen LogP contribution < -0.4 is 16.0 Å². The lowest BCUT2D eigenvalue weighted by molar-refractivity contribution is -0.121. The SMILES string of the molecule is CCNc1ncc(Cl)c(NCCCC(=O)NC2CC2)n1. The van der Waals surface area contributed by atoms with Gasteiger partial charge in [0, 0.05) is 25.6 Å². The summed E-state index contributed by atoms with van der Waals surface area (Å²) in [6.45, 7) is 3.38. The quantitative estimate of drug-likeness (QED) is 0.640. The van der Waals surface area contributed by atoms with Crippen LogP contribution >= 0.6 is 11.6 Å². The Kier molecular flexibility index (Phi) is 5.40. The van der Waals surface area contributed by atoms with Crippen molar-refractivity contribution in [3.63, 3.8) is 0 Å². The summed E-state index contributed by atoms with van der Waals surface area (Å²) >= 11 is 6.02. The highest BCUT2D eigenvalue weighted by atomic mass is 35.5. The molecular formula is C13H20ClN5O. The average Bonchev–Trinajstić information content (AvgIpc) is 3.22. The fourth-order valence-corrected chi connectivity index (χ4v) is 1.88. The fraction of sp³-hybridized carbons (Fsp3) is 0.615. The molecule has 110 valence electrons. The zero-order valence-electron chi connectivity index (χ0n) is 11.6. The number of anilines is 2. The number of carbonyl (C=O) groups excluding carboxylic acids is 1. The molecule has 0 spiro atoms. The molecule has 0 aliphatic heterocycles. The van der Waals surface area contributed by atoms with E-state index in [2.05, 4.69) is 25.9 Å². The molecule has 0 aromatic carbocycles. The van der Waals surface area contributed by atoms with E-state index in [1.165, 1.54) is 0 Å². The molecule has 0 atom stereocenters. The van der Waals surface area contributed by atoms with E-state index in [1.54, 1.807) is 6.20 Å². The van der Waals surface area contributed by atoms with Crippen LogP contribution in [-0.4, -0.2) is 35.0 Å². The molecule has 0 saturated heterocycles. The zero-order valence-corrected chi connectivity index (χ0v) is 12.3. The molecule has 1 saturated carbocycles. The third-order valence-corrected chi connectivity index (χ3v) is 3.17. The van der Waals surface area contributed by atoms with Crippen molar-refractivity contribution >= 4 is 29.3 Å². The van der Waals surface area contributed by atoms with Crippen molar-refractivity contribution in [2.24, 2.45) is 0 Å². The molecule has 7 heteroatoms. The van der Waals surface area contributed by atoms with Crippen molar-refractivity contribution in [2.45, 2.75) is 38.6 Å². The maximum atomic E-state index is 11.5. The number of nitrogens with zero attached hydrogens (tertiary/aromatic N) is 2. The van der Waals surface area contributed by atoms with Gasteiger partial charge in [-0.15, -0.1) is 0 Å². The first-order valence-electron chi connectivity index (χ1n) is 6.98. The van der Waals surface area contributed by atoms with Crippen molar-refractivity contribution < 1.29 is 4.79 Å². The predicted molar refractivity (Wildman–Crippen MR) is 80.1 cm³/mol. The average molecular weight is 298 g/mol. The first-order chi connectivity index (χ1) is 9.69. The van der Waals surface area contributed by atoms with Crippen LogP contribution in [0.3, 0.4) is 0 Å². The standard InChI is InChI=1S/C13H20ClN5O/c1-2-15-13-17-8-10(14)12(19-13)16-7-3-4-11(20)18-9-5-6-9/h8-9H,2-7H2,1H3,(H,18,20)(H2,15,16,17,19). The summed E-state index contributed by atoms with van der Waals surface area (Å²) in [5, 5.41) is 9.60. The lowest BCUT2D eigenvalue weighted by atomic mass is 10.3. The summed E-state index contributed by atoms with van der Waals surface area (Å²) in [6.07, 6.45) is 5.07. The Labute approximate surface area is 123 Å². The van der Waals surface area contributed by atoms with E-state index < -0.39 is 0 Å². The molecule has 6 nitrogen and oxygen atoms in total. The number of rotatable bonds is 8. The summed E-state index contributed by atoms with van der Waals surface area (Å²) in [5.41, 5.74) is 0. The van der Waals surface area contributed by atoms with Gasteiger partial charge in [-0.05, 0) is 26.2 Å². The van der Waals surface area contributed by atoms with Gasteiger partial charge in [0.2, 0.25) is 11.9 Å². The molecule has 1 fully saturated rings. The third-order valence-electron chi connectivity index (χ3n) is 2.89. The van der Waals surface area contributed by atoms with Crippen molar-refractivity contribution in [2.75, 3.05) is 23.7 Å². The first kappa shape index (κ1) is 14.8. The van der Waals surface area contributed by atoms with Crippen molar-refractivity contribution in [1.82, 2.24) is 15.3 Å². The number of hydrogen-bond acceptors (Lipinski definition) is 5. The topological polar surface area (TPSA) is 78.9 Å². The lowest BCUT2D eigenvalue weighted by Gasteiger charge is -2.09. The second-order valence-electron chi connectivity index (χ2n) is 4.79. The van der Waals surface area contributed by atoms with E-state index in [9.17, 15) is 4.79 Å².